The van der Waals surface area contributed by atoms with Crippen molar-refractivity contribution in [2.24, 2.45) is 5.92 Å². The lowest BCUT2D eigenvalue weighted by Crippen LogP contribution is -2.34. The van der Waals surface area contributed by atoms with Gasteiger partial charge in [-0.3, -0.25) is 9.78 Å². The van der Waals surface area contributed by atoms with E-state index in [9.17, 15) is 4.79 Å². The molecule has 0 spiro atoms. The Hall–Kier alpha value is -1.58. The second kappa shape index (κ2) is 7.77. The summed E-state index contributed by atoms with van der Waals surface area (Å²) in [6.07, 6.45) is 4.40. The number of hydrogen-bond acceptors (Lipinski definition) is 3. The summed E-state index contributed by atoms with van der Waals surface area (Å²) < 4.78 is 0. The van der Waals surface area contributed by atoms with Crippen molar-refractivity contribution >= 4 is 11.6 Å². The van der Waals surface area contributed by atoms with Gasteiger partial charge in [-0.1, -0.05) is 20.8 Å². The number of nitrogens with zero attached hydrogens (tertiary/aromatic N) is 2. The topological polar surface area (TPSA) is 45.2 Å². The molecule has 0 atom stereocenters. The number of pyridine rings is 1. The highest BCUT2D eigenvalue weighted by Gasteiger charge is 2.18. The summed E-state index contributed by atoms with van der Waals surface area (Å²) in [5, 5.41) is 3.29. The molecule has 0 fully saturated rings. The Morgan fingerprint density at radius 1 is 1.42 bits per heavy atom. The summed E-state index contributed by atoms with van der Waals surface area (Å²) >= 11 is 0. The molecule has 1 N–H and O–H groups in total. The minimum atomic E-state index is 0.0582. The maximum Gasteiger partial charge on any atom is 0.257 e. The van der Waals surface area contributed by atoms with E-state index < -0.39 is 0 Å². The van der Waals surface area contributed by atoms with E-state index in [4.69, 9.17) is 0 Å². The monoisotopic (exact) mass is 263 g/mol. The number of aromatic nitrogens is 1. The van der Waals surface area contributed by atoms with Crippen molar-refractivity contribution in [3.63, 3.8) is 0 Å². The Balaban J connectivity index is 2.90. The second-order valence-electron chi connectivity index (χ2n) is 5.09. The van der Waals surface area contributed by atoms with E-state index in [2.05, 4.69) is 31.1 Å². The second-order valence-corrected chi connectivity index (χ2v) is 5.09. The number of amides is 1. The first-order valence-corrected chi connectivity index (χ1v) is 7.07. The summed E-state index contributed by atoms with van der Waals surface area (Å²) in [5.41, 5.74) is 1.54. The largest absolute Gasteiger partial charge is 0.384 e. The van der Waals surface area contributed by atoms with Crippen LogP contribution in [0.3, 0.4) is 0 Å². The van der Waals surface area contributed by atoms with Gasteiger partial charge in [-0.15, -0.1) is 0 Å². The molecule has 4 nitrogen and oxygen atoms in total. The first kappa shape index (κ1) is 15.5. The highest BCUT2D eigenvalue weighted by molar-refractivity contribution is 5.99. The lowest BCUT2D eigenvalue weighted by Gasteiger charge is -2.24. The van der Waals surface area contributed by atoms with Gasteiger partial charge in [-0.05, 0) is 25.3 Å². The molecule has 0 unspecified atom stereocenters. The number of rotatable bonds is 7. The van der Waals surface area contributed by atoms with Crippen LogP contribution in [0.1, 0.15) is 44.5 Å². The quantitative estimate of drug-likeness (QED) is 0.822. The maximum atomic E-state index is 12.5. The molecule has 0 bridgehead atoms. The molecule has 106 valence electrons. The van der Waals surface area contributed by atoms with Gasteiger partial charge in [-0.25, -0.2) is 0 Å². The van der Waals surface area contributed by atoms with Crippen LogP contribution in [-0.2, 0) is 0 Å². The van der Waals surface area contributed by atoms with Crippen LogP contribution in [0.15, 0.2) is 18.5 Å². The van der Waals surface area contributed by atoms with Crippen molar-refractivity contribution in [1.29, 1.82) is 0 Å². The minimum absolute atomic E-state index is 0.0582. The Morgan fingerprint density at radius 2 is 2.16 bits per heavy atom. The predicted octanol–water partition coefficient (Wildman–Crippen LogP) is 3.02. The molecule has 0 saturated heterocycles. The van der Waals surface area contributed by atoms with E-state index >= 15 is 0 Å². The predicted molar refractivity (Wildman–Crippen MR) is 79.4 cm³/mol. The van der Waals surface area contributed by atoms with Crippen molar-refractivity contribution in [2.45, 2.75) is 34.1 Å². The zero-order valence-electron chi connectivity index (χ0n) is 12.4. The van der Waals surface area contributed by atoms with Gasteiger partial charge in [0.2, 0.25) is 0 Å². The molecule has 0 saturated carbocycles. The van der Waals surface area contributed by atoms with Crippen molar-refractivity contribution < 1.29 is 4.79 Å². The molecule has 0 aliphatic heterocycles. The summed E-state index contributed by atoms with van der Waals surface area (Å²) in [7, 11) is 0. The zero-order valence-corrected chi connectivity index (χ0v) is 12.4. The first-order valence-electron chi connectivity index (χ1n) is 7.07. The van der Waals surface area contributed by atoms with Crippen LogP contribution < -0.4 is 5.32 Å². The molecule has 4 heteroatoms. The Morgan fingerprint density at radius 3 is 2.74 bits per heavy atom. The molecule has 0 aliphatic carbocycles. The number of carbonyl (C=O) groups excluding carboxylic acids is 1. The van der Waals surface area contributed by atoms with Crippen molar-refractivity contribution in [1.82, 2.24) is 9.88 Å². The molecule has 0 radical (unpaired) electrons. The number of nitrogens with one attached hydrogen (secondary N) is 1. The van der Waals surface area contributed by atoms with Crippen molar-refractivity contribution in [3.8, 4) is 0 Å². The van der Waals surface area contributed by atoms with Crippen LogP contribution in [0, 0.1) is 5.92 Å². The highest BCUT2D eigenvalue weighted by atomic mass is 16.2. The van der Waals surface area contributed by atoms with Crippen LogP contribution in [-0.4, -0.2) is 35.4 Å². The highest BCUT2D eigenvalue weighted by Crippen LogP contribution is 2.16. The van der Waals surface area contributed by atoms with E-state index in [0.717, 1.165) is 31.7 Å². The van der Waals surface area contributed by atoms with E-state index in [1.807, 2.05) is 17.9 Å². The van der Waals surface area contributed by atoms with Gasteiger partial charge in [-0.2, -0.15) is 0 Å². The molecule has 0 aromatic carbocycles. The summed E-state index contributed by atoms with van der Waals surface area (Å²) in [6.45, 7) is 10.7. The molecule has 1 aromatic heterocycles. The molecular formula is C15H25N3O. The van der Waals surface area contributed by atoms with Gasteiger partial charge >= 0.3 is 0 Å². The Bertz CT molecular complexity index is 404. The van der Waals surface area contributed by atoms with E-state index in [1.165, 1.54) is 0 Å². The third kappa shape index (κ3) is 4.54. The third-order valence-corrected chi connectivity index (χ3v) is 2.87. The summed E-state index contributed by atoms with van der Waals surface area (Å²) in [5.74, 6) is 0.524. The van der Waals surface area contributed by atoms with Crippen molar-refractivity contribution in [2.75, 3.05) is 25.0 Å². The summed E-state index contributed by atoms with van der Waals surface area (Å²) in [6, 6.07) is 1.87. The SMILES string of the molecule is CCCNc1ccncc1C(=O)N(CC)CC(C)C. The van der Waals surface area contributed by atoms with Crippen LogP contribution in [0.2, 0.25) is 0 Å². The van der Waals surface area contributed by atoms with E-state index in [1.54, 1.807) is 12.4 Å². The zero-order chi connectivity index (χ0) is 14.3. The Kier molecular flexibility index (Phi) is 6.33. The van der Waals surface area contributed by atoms with Gasteiger partial charge in [0.25, 0.3) is 5.91 Å². The van der Waals surface area contributed by atoms with Crippen LogP contribution in [0.4, 0.5) is 5.69 Å². The van der Waals surface area contributed by atoms with E-state index in [-0.39, 0.29) is 5.91 Å². The molecule has 0 aliphatic rings. The van der Waals surface area contributed by atoms with Crippen LogP contribution in [0.25, 0.3) is 0 Å². The van der Waals surface area contributed by atoms with Gasteiger partial charge in [0, 0.05) is 32.0 Å². The molecule has 1 aromatic rings. The molecular weight excluding hydrogens is 238 g/mol. The number of anilines is 1. The normalized spacial score (nSPS) is 10.6. The van der Waals surface area contributed by atoms with Gasteiger partial charge in [0.15, 0.2) is 0 Å². The average Bonchev–Trinajstić information content (AvgIpc) is 2.41. The smallest absolute Gasteiger partial charge is 0.257 e. The number of hydrogen-bond donors (Lipinski definition) is 1. The lowest BCUT2D eigenvalue weighted by molar-refractivity contribution is 0.0746. The molecule has 19 heavy (non-hydrogen) atoms. The third-order valence-electron chi connectivity index (χ3n) is 2.87. The minimum Gasteiger partial charge on any atom is -0.384 e. The fourth-order valence-electron chi connectivity index (χ4n) is 1.95. The number of carbonyl (C=O) groups is 1. The fourth-order valence-corrected chi connectivity index (χ4v) is 1.95. The Labute approximate surface area is 116 Å². The fraction of sp³-hybridized carbons (Fsp3) is 0.600. The molecule has 1 rings (SSSR count). The standard InChI is InChI=1S/C15H25N3O/c1-5-8-17-14-7-9-16-10-13(14)15(19)18(6-2)11-12(3)4/h7,9-10,12H,5-6,8,11H2,1-4H3,(H,16,17). The lowest BCUT2D eigenvalue weighted by atomic mass is 10.1. The summed E-state index contributed by atoms with van der Waals surface area (Å²) in [4.78, 5) is 18.5. The molecule has 1 amide bonds. The van der Waals surface area contributed by atoms with Crippen molar-refractivity contribution in [3.05, 3.63) is 24.0 Å². The first-order chi connectivity index (χ1) is 9.10. The average molecular weight is 263 g/mol. The maximum absolute atomic E-state index is 12.5. The van der Waals surface area contributed by atoms with E-state index in [0.29, 0.717) is 11.5 Å². The molecule has 1 heterocycles. The van der Waals surface area contributed by atoms with Gasteiger partial charge < -0.3 is 10.2 Å². The van der Waals surface area contributed by atoms with Crippen LogP contribution >= 0.6 is 0 Å². The van der Waals surface area contributed by atoms with Crippen LogP contribution in [0.5, 0.6) is 0 Å². The van der Waals surface area contributed by atoms with Gasteiger partial charge in [0.05, 0.1) is 11.3 Å². The van der Waals surface area contributed by atoms with Gasteiger partial charge in [0.1, 0.15) is 0 Å².